The van der Waals surface area contributed by atoms with Crippen molar-refractivity contribution in [1.82, 2.24) is 20.1 Å². The predicted octanol–water partition coefficient (Wildman–Crippen LogP) is 5.20. The number of halogens is 4. The average molecular weight is 464 g/mol. The highest BCUT2D eigenvalue weighted by molar-refractivity contribution is 6.31. The van der Waals surface area contributed by atoms with E-state index in [-0.39, 0.29) is 24.3 Å². The number of hydrogen-bond donors (Lipinski definition) is 3. The third kappa shape index (κ3) is 3.70. The van der Waals surface area contributed by atoms with Crippen molar-refractivity contribution in [2.75, 3.05) is 5.32 Å². The summed E-state index contributed by atoms with van der Waals surface area (Å²) in [6, 6.07) is 7.79. The van der Waals surface area contributed by atoms with Crippen LogP contribution in [0.1, 0.15) is 40.3 Å². The molecule has 1 aromatic carbocycles. The van der Waals surface area contributed by atoms with Crippen molar-refractivity contribution >= 4 is 34.2 Å². The Balaban J connectivity index is 1.39. The van der Waals surface area contributed by atoms with Crippen molar-refractivity contribution in [2.45, 2.75) is 31.2 Å². The van der Waals surface area contributed by atoms with Gasteiger partial charge in [-0.2, -0.15) is 18.3 Å². The number of aromatic amines is 1. The zero-order valence-corrected chi connectivity index (χ0v) is 17.2. The van der Waals surface area contributed by atoms with Crippen molar-refractivity contribution in [3.05, 3.63) is 70.9 Å². The molecule has 0 saturated heterocycles. The summed E-state index contributed by atoms with van der Waals surface area (Å²) in [4.78, 5) is 16.0. The van der Waals surface area contributed by atoms with Gasteiger partial charge in [0, 0.05) is 28.0 Å². The van der Waals surface area contributed by atoms with E-state index in [0.717, 1.165) is 27.5 Å². The molecule has 32 heavy (non-hydrogen) atoms. The van der Waals surface area contributed by atoms with Crippen LogP contribution in [-0.2, 0) is 6.54 Å². The van der Waals surface area contributed by atoms with Crippen molar-refractivity contribution in [1.29, 1.82) is 0 Å². The molecule has 2 unspecified atom stereocenters. The molecule has 3 N–H and O–H groups in total. The number of nitrogens with zero attached hydrogens (tertiary/aromatic N) is 2. The molecule has 7 nitrogen and oxygen atoms in total. The third-order valence-corrected chi connectivity index (χ3v) is 5.68. The lowest BCUT2D eigenvalue weighted by Gasteiger charge is -2.32. The fourth-order valence-corrected chi connectivity index (χ4v) is 4.11. The van der Waals surface area contributed by atoms with Gasteiger partial charge in [0.25, 0.3) is 5.91 Å². The molecule has 0 fully saturated rings. The van der Waals surface area contributed by atoms with Gasteiger partial charge in [0.05, 0.1) is 25.0 Å². The molecule has 2 atom stereocenters. The van der Waals surface area contributed by atoms with Gasteiger partial charge in [-0.3, -0.25) is 4.79 Å². The average Bonchev–Trinajstić information content (AvgIpc) is 3.48. The number of rotatable bonds is 4. The quantitative estimate of drug-likeness (QED) is 0.388. The molecule has 0 saturated carbocycles. The zero-order chi connectivity index (χ0) is 22.5. The topological polar surface area (TPSA) is 87.9 Å². The van der Waals surface area contributed by atoms with Crippen LogP contribution in [0.25, 0.3) is 10.9 Å². The largest absolute Gasteiger partial charge is 0.467 e. The van der Waals surface area contributed by atoms with Gasteiger partial charge in [-0.15, -0.1) is 0 Å². The fourth-order valence-electron chi connectivity index (χ4n) is 3.93. The molecule has 0 spiro atoms. The van der Waals surface area contributed by atoms with Crippen molar-refractivity contribution in [3.8, 4) is 0 Å². The molecule has 166 valence electrons. The molecule has 1 aliphatic rings. The Hall–Kier alpha value is -3.40. The number of carbonyl (C=O) groups is 1. The molecule has 0 bridgehead atoms. The van der Waals surface area contributed by atoms with Crippen LogP contribution >= 0.6 is 11.6 Å². The minimum Gasteiger partial charge on any atom is -0.467 e. The second kappa shape index (κ2) is 7.63. The highest BCUT2D eigenvalue weighted by Crippen LogP contribution is 2.44. The Labute approximate surface area is 184 Å². The molecule has 0 aliphatic carbocycles. The number of hydrogen-bond acceptors (Lipinski definition) is 4. The fraction of sp³-hybridized carbons (Fsp3) is 0.238. The SMILES string of the molecule is O=C(NCc1cc2cc(Cl)ccc2[nH]1)c1cnn2c1NC(c1ccco1)CC2C(F)(F)F. The van der Waals surface area contributed by atoms with E-state index in [2.05, 4.69) is 20.7 Å². The van der Waals surface area contributed by atoms with Crippen molar-refractivity contribution in [3.63, 3.8) is 0 Å². The summed E-state index contributed by atoms with van der Waals surface area (Å²) in [6.07, 6.45) is -2.30. The van der Waals surface area contributed by atoms with Gasteiger partial charge in [0.1, 0.15) is 17.1 Å². The molecule has 5 rings (SSSR count). The van der Waals surface area contributed by atoms with Gasteiger partial charge in [-0.25, -0.2) is 4.68 Å². The van der Waals surface area contributed by atoms with Gasteiger partial charge in [-0.1, -0.05) is 11.6 Å². The van der Waals surface area contributed by atoms with Crippen LogP contribution in [0.3, 0.4) is 0 Å². The van der Waals surface area contributed by atoms with Crippen LogP contribution in [0.15, 0.2) is 53.3 Å². The molecule has 1 aliphatic heterocycles. The first-order valence-electron chi connectivity index (χ1n) is 9.79. The summed E-state index contributed by atoms with van der Waals surface area (Å²) in [5.41, 5.74) is 1.61. The Morgan fingerprint density at radius 1 is 1.31 bits per heavy atom. The number of amides is 1. The minimum absolute atomic E-state index is 0.000837. The molecule has 3 aromatic heterocycles. The van der Waals surface area contributed by atoms with Crippen LogP contribution in [0, 0.1) is 0 Å². The van der Waals surface area contributed by atoms with Crippen LogP contribution in [-0.4, -0.2) is 26.8 Å². The number of fused-ring (bicyclic) bond motifs is 2. The Morgan fingerprint density at radius 2 is 2.16 bits per heavy atom. The van der Waals surface area contributed by atoms with Crippen molar-refractivity contribution < 1.29 is 22.4 Å². The van der Waals surface area contributed by atoms with E-state index >= 15 is 0 Å². The van der Waals surface area contributed by atoms with Gasteiger partial charge in [0.15, 0.2) is 6.04 Å². The first kappa shape index (κ1) is 20.5. The highest BCUT2D eigenvalue weighted by atomic mass is 35.5. The van der Waals surface area contributed by atoms with E-state index < -0.39 is 24.2 Å². The van der Waals surface area contributed by atoms with Gasteiger partial charge in [0.2, 0.25) is 0 Å². The van der Waals surface area contributed by atoms with E-state index in [0.29, 0.717) is 10.8 Å². The van der Waals surface area contributed by atoms with Gasteiger partial charge in [-0.05, 0) is 36.4 Å². The first-order valence-corrected chi connectivity index (χ1v) is 10.2. The minimum atomic E-state index is -4.53. The van der Waals surface area contributed by atoms with Crippen LogP contribution in [0.4, 0.5) is 19.0 Å². The summed E-state index contributed by atoms with van der Waals surface area (Å²) in [7, 11) is 0. The normalized spacial score (nSPS) is 18.4. The first-order chi connectivity index (χ1) is 15.3. The van der Waals surface area contributed by atoms with Gasteiger partial charge >= 0.3 is 6.18 Å². The summed E-state index contributed by atoms with van der Waals surface area (Å²) < 4.78 is 47.2. The van der Waals surface area contributed by atoms with Crippen LogP contribution < -0.4 is 10.6 Å². The number of aromatic nitrogens is 3. The Kier molecular flexibility index (Phi) is 4.89. The standard InChI is InChI=1S/C21H17ClF3N5O2/c22-12-3-4-15-11(6-12)7-13(28-15)9-26-20(31)14-10-27-30-18(21(23,24)25)8-16(29-19(14)30)17-2-1-5-32-17/h1-7,10,16,18,28-29H,8-9H2,(H,26,31). The van der Waals surface area contributed by atoms with Crippen molar-refractivity contribution in [2.24, 2.45) is 0 Å². The van der Waals surface area contributed by atoms with Gasteiger partial charge < -0.3 is 20.0 Å². The monoisotopic (exact) mass is 463 g/mol. The van der Waals surface area contributed by atoms with E-state index in [1.54, 1.807) is 24.3 Å². The number of benzene rings is 1. The number of carbonyl (C=O) groups excluding carboxylic acids is 1. The Morgan fingerprint density at radius 3 is 2.91 bits per heavy atom. The molecule has 0 radical (unpaired) electrons. The summed E-state index contributed by atoms with van der Waals surface area (Å²) >= 11 is 6.00. The maximum absolute atomic E-state index is 13.7. The van der Waals surface area contributed by atoms with E-state index in [1.165, 1.54) is 6.26 Å². The van der Waals surface area contributed by atoms with E-state index in [9.17, 15) is 18.0 Å². The van der Waals surface area contributed by atoms with E-state index in [1.807, 2.05) is 12.1 Å². The number of nitrogens with one attached hydrogen (secondary N) is 3. The molecular weight excluding hydrogens is 447 g/mol. The summed E-state index contributed by atoms with van der Waals surface area (Å²) in [5, 5.41) is 11.1. The number of furan rings is 1. The number of anilines is 1. The zero-order valence-electron chi connectivity index (χ0n) is 16.4. The second-order valence-electron chi connectivity index (χ2n) is 7.57. The lowest BCUT2D eigenvalue weighted by molar-refractivity contribution is -0.174. The van der Waals surface area contributed by atoms with E-state index in [4.69, 9.17) is 16.0 Å². The number of alkyl halides is 3. The lowest BCUT2D eigenvalue weighted by Crippen LogP contribution is -2.36. The molecule has 1 amide bonds. The second-order valence-corrected chi connectivity index (χ2v) is 8.00. The third-order valence-electron chi connectivity index (χ3n) is 5.45. The molecule has 4 aromatic rings. The maximum Gasteiger partial charge on any atom is 0.410 e. The molecule has 4 heterocycles. The lowest BCUT2D eigenvalue weighted by atomic mass is 10.0. The Bertz CT molecular complexity index is 1280. The number of H-pyrrole nitrogens is 1. The smallest absolute Gasteiger partial charge is 0.410 e. The molecular formula is C21H17ClF3N5O2. The van der Waals surface area contributed by atoms with Crippen LogP contribution in [0.5, 0.6) is 0 Å². The maximum atomic E-state index is 13.7. The van der Waals surface area contributed by atoms with Crippen LogP contribution in [0.2, 0.25) is 5.02 Å². The summed E-state index contributed by atoms with van der Waals surface area (Å²) in [5.74, 6) is -0.188. The summed E-state index contributed by atoms with van der Waals surface area (Å²) in [6.45, 7) is 0.153. The molecule has 11 heteroatoms. The predicted molar refractivity (Wildman–Crippen MR) is 111 cm³/mol. The highest BCUT2D eigenvalue weighted by Gasteiger charge is 2.47.